The van der Waals surface area contributed by atoms with Gasteiger partial charge < -0.3 is 5.32 Å². The maximum atomic E-state index is 11.7. The summed E-state index contributed by atoms with van der Waals surface area (Å²) in [6, 6.07) is 0.205. The molecule has 4 heteroatoms. The predicted octanol–water partition coefficient (Wildman–Crippen LogP) is 1.59. The summed E-state index contributed by atoms with van der Waals surface area (Å²) < 4.78 is 23.4. The Kier molecular flexibility index (Phi) is 3.59. The molecular formula is C12H23NO2S. The van der Waals surface area contributed by atoms with Gasteiger partial charge in [0, 0.05) is 12.3 Å². The van der Waals surface area contributed by atoms with Crippen LogP contribution in [0.2, 0.25) is 0 Å². The molecule has 2 aliphatic rings. The summed E-state index contributed by atoms with van der Waals surface area (Å²) in [5.74, 6) is 1.63. The van der Waals surface area contributed by atoms with Crippen LogP contribution in [0.25, 0.3) is 0 Å². The van der Waals surface area contributed by atoms with E-state index in [0.717, 1.165) is 37.6 Å². The Hall–Kier alpha value is -0.0900. The number of hydrogen-bond donors (Lipinski definition) is 1. The molecule has 0 aromatic rings. The summed E-state index contributed by atoms with van der Waals surface area (Å²) in [5, 5.41) is 3.35. The van der Waals surface area contributed by atoms with E-state index in [0.29, 0.717) is 0 Å². The highest BCUT2D eigenvalue weighted by molar-refractivity contribution is 7.91. The molecule has 0 amide bonds. The minimum absolute atomic E-state index is 0.143. The zero-order chi connectivity index (χ0) is 11.8. The van der Waals surface area contributed by atoms with Crippen molar-refractivity contribution in [2.24, 2.45) is 11.8 Å². The molecule has 0 heterocycles. The fourth-order valence-electron chi connectivity index (χ4n) is 2.83. The summed E-state index contributed by atoms with van der Waals surface area (Å²) in [5.41, 5.74) is 0. The molecule has 2 fully saturated rings. The molecule has 94 valence electrons. The van der Waals surface area contributed by atoms with E-state index in [2.05, 4.69) is 12.2 Å². The Morgan fingerprint density at radius 3 is 2.44 bits per heavy atom. The van der Waals surface area contributed by atoms with Crippen LogP contribution in [-0.4, -0.2) is 32.5 Å². The van der Waals surface area contributed by atoms with Crippen LogP contribution in [0.5, 0.6) is 0 Å². The molecule has 3 nitrogen and oxygen atoms in total. The molecule has 2 aliphatic carbocycles. The number of sulfone groups is 1. The van der Waals surface area contributed by atoms with Gasteiger partial charge >= 0.3 is 0 Å². The van der Waals surface area contributed by atoms with E-state index in [-0.39, 0.29) is 11.3 Å². The van der Waals surface area contributed by atoms with Gasteiger partial charge in [0.05, 0.1) is 5.25 Å². The van der Waals surface area contributed by atoms with Crippen molar-refractivity contribution in [2.75, 3.05) is 12.8 Å². The molecule has 1 N–H and O–H groups in total. The summed E-state index contributed by atoms with van der Waals surface area (Å²) in [6.07, 6.45) is 6.80. The highest BCUT2D eigenvalue weighted by Gasteiger charge is 2.36. The average Bonchev–Trinajstić information content (AvgIpc) is 2.91. The third-order valence-electron chi connectivity index (χ3n) is 4.17. The zero-order valence-electron chi connectivity index (χ0n) is 10.3. The second-order valence-corrected chi connectivity index (χ2v) is 7.90. The molecule has 4 unspecified atom stereocenters. The minimum Gasteiger partial charge on any atom is -0.312 e. The number of rotatable bonds is 4. The molecule has 16 heavy (non-hydrogen) atoms. The maximum Gasteiger partial charge on any atom is 0.151 e. The van der Waals surface area contributed by atoms with Gasteiger partial charge in [0.15, 0.2) is 9.84 Å². The van der Waals surface area contributed by atoms with Gasteiger partial charge in [0.2, 0.25) is 0 Å². The monoisotopic (exact) mass is 245 g/mol. The summed E-state index contributed by atoms with van der Waals surface area (Å²) in [7, 11) is -2.88. The standard InChI is InChI=1S/C12H23NO2S/c1-9-7-10(9)8-13-11-5-3-4-6-12(11)16(2,14)15/h9-13H,3-8H2,1-2H3. The lowest BCUT2D eigenvalue weighted by Gasteiger charge is -2.31. The van der Waals surface area contributed by atoms with E-state index in [1.54, 1.807) is 0 Å². The summed E-state index contributed by atoms with van der Waals surface area (Å²) >= 11 is 0. The smallest absolute Gasteiger partial charge is 0.151 e. The molecule has 2 rings (SSSR count). The van der Waals surface area contributed by atoms with E-state index in [9.17, 15) is 8.42 Å². The molecule has 2 saturated carbocycles. The first-order valence-electron chi connectivity index (χ1n) is 6.40. The predicted molar refractivity (Wildman–Crippen MR) is 66.2 cm³/mol. The van der Waals surface area contributed by atoms with Crippen LogP contribution < -0.4 is 5.32 Å². The van der Waals surface area contributed by atoms with E-state index >= 15 is 0 Å². The Labute approximate surface area is 98.9 Å². The fourth-order valence-corrected chi connectivity index (χ4v) is 4.25. The molecule has 4 atom stereocenters. The third-order valence-corrected chi connectivity index (χ3v) is 5.83. The first-order chi connectivity index (χ1) is 7.48. The van der Waals surface area contributed by atoms with Crippen molar-refractivity contribution >= 4 is 9.84 Å². The number of hydrogen-bond acceptors (Lipinski definition) is 3. The minimum atomic E-state index is -2.88. The van der Waals surface area contributed by atoms with Crippen molar-refractivity contribution in [2.45, 2.75) is 50.3 Å². The topological polar surface area (TPSA) is 46.2 Å². The highest BCUT2D eigenvalue weighted by Crippen LogP contribution is 2.37. The fraction of sp³-hybridized carbons (Fsp3) is 1.00. The van der Waals surface area contributed by atoms with Crippen LogP contribution in [0.3, 0.4) is 0 Å². The molecule has 0 radical (unpaired) electrons. The van der Waals surface area contributed by atoms with Crippen LogP contribution in [0, 0.1) is 11.8 Å². The van der Waals surface area contributed by atoms with Crippen molar-refractivity contribution in [1.82, 2.24) is 5.32 Å². The Morgan fingerprint density at radius 2 is 1.88 bits per heavy atom. The van der Waals surface area contributed by atoms with E-state index in [1.165, 1.54) is 19.1 Å². The second kappa shape index (κ2) is 4.65. The third kappa shape index (κ3) is 2.98. The molecule has 0 aromatic heterocycles. The van der Waals surface area contributed by atoms with Crippen molar-refractivity contribution in [1.29, 1.82) is 0 Å². The summed E-state index contributed by atoms with van der Waals surface area (Å²) in [6.45, 7) is 3.28. The van der Waals surface area contributed by atoms with Gasteiger partial charge in [-0.2, -0.15) is 0 Å². The summed E-state index contributed by atoms with van der Waals surface area (Å²) in [4.78, 5) is 0. The average molecular weight is 245 g/mol. The van der Waals surface area contributed by atoms with Gasteiger partial charge in [-0.25, -0.2) is 8.42 Å². The van der Waals surface area contributed by atoms with Gasteiger partial charge in [-0.3, -0.25) is 0 Å². The van der Waals surface area contributed by atoms with Crippen LogP contribution in [0.1, 0.15) is 39.0 Å². The normalized spacial score (nSPS) is 39.6. The quantitative estimate of drug-likeness (QED) is 0.818. The first kappa shape index (κ1) is 12.4. The van der Waals surface area contributed by atoms with Crippen molar-refractivity contribution in [3.8, 4) is 0 Å². The highest BCUT2D eigenvalue weighted by atomic mass is 32.2. The van der Waals surface area contributed by atoms with Gasteiger partial charge in [-0.15, -0.1) is 0 Å². The molecular weight excluding hydrogens is 222 g/mol. The van der Waals surface area contributed by atoms with E-state index in [4.69, 9.17) is 0 Å². The van der Waals surface area contributed by atoms with E-state index in [1.807, 2.05) is 0 Å². The molecule has 0 bridgehead atoms. The van der Waals surface area contributed by atoms with Crippen LogP contribution in [0.4, 0.5) is 0 Å². The van der Waals surface area contributed by atoms with Crippen molar-refractivity contribution < 1.29 is 8.42 Å². The Balaban J connectivity index is 1.89. The number of nitrogens with one attached hydrogen (secondary N) is 1. The lowest BCUT2D eigenvalue weighted by Crippen LogP contribution is -2.46. The largest absolute Gasteiger partial charge is 0.312 e. The lowest BCUT2D eigenvalue weighted by atomic mass is 9.95. The second-order valence-electron chi connectivity index (χ2n) is 5.64. The van der Waals surface area contributed by atoms with Crippen molar-refractivity contribution in [3.05, 3.63) is 0 Å². The molecule has 0 spiro atoms. The Bertz CT molecular complexity index is 339. The van der Waals surface area contributed by atoms with Gasteiger partial charge in [-0.05, 0) is 37.6 Å². The first-order valence-corrected chi connectivity index (χ1v) is 8.36. The van der Waals surface area contributed by atoms with Crippen LogP contribution in [-0.2, 0) is 9.84 Å². The molecule has 0 aliphatic heterocycles. The van der Waals surface area contributed by atoms with E-state index < -0.39 is 9.84 Å². The molecule has 0 aromatic carbocycles. The Morgan fingerprint density at radius 1 is 1.25 bits per heavy atom. The molecule has 0 saturated heterocycles. The van der Waals surface area contributed by atoms with Gasteiger partial charge in [0.1, 0.15) is 0 Å². The van der Waals surface area contributed by atoms with Gasteiger partial charge in [0.25, 0.3) is 0 Å². The van der Waals surface area contributed by atoms with Crippen LogP contribution >= 0.6 is 0 Å². The van der Waals surface area contributed by atoms with Crippen molar-refractivity contribution in [3.63, 3.8) is 0 Å². The van der Waals surface area contributed by atoms with Gasteiger partial charge in [-0.1, -0.05) is 19.8 Å². The zero-order valence-corrected chi connectivity index (χ0v) is 11.1. The lowest BCUT2D eigenvalue weighted by molar-refractivity contribution is 0.365. The SMILES string of the molecule is CC1CC1CNC1CCCCC1S(C)(=O)=O. The maximum absolute atomic E-state index is 11.7. The van der Waals surface area contributed by atoms with Crippen LogP contribution in [0.15, 0.2) is 0 Å².